The van der Waals surface area contributed by atoms with Gasteiger partial charge in [-0.2, -0.15) is 0 Å². The molecule has 0 saturated carbocycles. The largest absolute Gasteiger partial charge is 0.445 e. The van der Waals surface area contributed by atoms with Gasteiger partial charge in [-0.05, 0) is 30.5 Å². The zero-order chi connectivity index (χ0) is 20.2. The van der Waals surface area contributed by atoms with Crippen molar-refractivity contribution in [2.24, 2.45) is 0 Å². The number of thiazole rings is 1. The second-order valence-electron chi connectivity index (χ2n) is 6.80. The number of Topliss-reactive ketones (excluding diaryl/α,β-unsaturated/α-hetero) is 1. The maximum atomic E-state index is 13.0. The van der Waals surface area contributed by atoms with Crippen LogP contribution in [0.25, 0.3) is 11.3 Å². The molecule has 1 saturated heterocycles. The third kappa shape index (κ3) is 4.49. The zero-order valence-electron chi connectivity index (χ0n) is 15.6. The molecule has 7 heteroatoms. The van der Waals surface area contributed by atoms with E-state index in [1.807, 2.05) is 47.8 Å². The quantitative estimate of drug-likeness (QED) is 0.509. The molecule has 0 aliphatic carbocycles. The summed E-state index contributed by atoms with van der Waals surface area (Å²) >= 11 is 7.23. The van der Waals surface area contributed by atoms with Crippen LogP contribution >= 0.6 is 22.9 Å². The number of carbonyl (C=O) groups excluding carboxylic acids is 2. The Kier molecular flexibility index (Phi) is 5.92. The molecule has 1 amide bonds. The van der Waals surface area contributed by atoms with Crippen LogP contribution in [-0.4, -0.2) is 34.3 Å². The van der Waals surface area contributed by atoms with Gasteiger partial charge in [-0.1, -0.05) is 54.1 Å². The van der Waals surface area contributed by atoms with Gasteiger partial charge in [0.2, 0.25) is 5.78 Å². The summed E-state index contributed by atoms with van der Waals surface area (Å²) in [5, 5.41) is 2.90. The fourth-order valence-corrected chi connectivity index (χ4v) is 4.28. The van der Waals surface area contributed by atoms with E-state index in [2.05, 4.69) is 4.98 Å². The molecule has 3 aromatic rings. The SMILES string of the molecule is O=C(c1nc(-c2ccc(Cl)cc2)cs1)C1CCCN1C(=O)OCc1ccccc1. The number of rotatable bonds is 5. The Hall–Kier alpha value is -2.70. The molecule has 0 spiro atoms. The minimum absolute atomic E-state index is 0.135. The van der Waals surface area contributed by atoms with Gasteiger partial charge in [0.05, 0.1) is 5.69 Å². The van der Waals surface area contributed by atoms with Crippen LogP contribution in [0, 0.1) is 0 Å². The summed E-state index contributed by atoms with van der Waals surface area (Å²) in [5.41, 5.74) is 2.54. The molecular formula is C22H19ClN2O3S. The minimum atomic E-state index is -0.525. The first-order chi connectivity index (χ1) is 14.1. The highest BCUT2D eigenvalue weighted by atomic mass is 35.5. The fraction of sp³-hybridized carbons (Fsp3) is 0.227. The number of nitrogens with zero attached hydrogens (tertiary/aromatic N) is 2. The van der Waals surface area contributed by atoms with Gasteiger partial charge < -0.3 is 4.74 Å². The fourth-order valence-electron chi connectivity index (χ4n) is 3.34. The van der Waals surface area contributed by atoms with Crippen molar-refractivity contribution < 1.29 is 14.3 Å². The molecule has 29 heavy (non-hydrogen) atoms. The first-order valence-corrected chi connectivity index (χ1v) is 10.6. The number of amides is 1. The minimum Gasteiger partial charge on any atom is -0.445 e. The van der Waals surface area contributed by atoms with Crippen LogP contribution in [0.2, 0.25) is 5.02 Å². The van der Waals surface area contributed by atoms with Crippen molar-refractivity contribution in [3.8, 4) is 11.3 Å². The number of hydrogen-bond donors (Lipinski definition) is 0. The number of carbonyl (C=O) groups is 2. The van der Waals surface area contributed by atoms with Gasteiger partial charge in [0.1, 0.15) is 12.6 Å². The van der Waals surface area contributed by atoms with Gasteiger partial charge in [0.25, 0.3) is 0 Å². The monoisotopic (exact) mass is 426 g/mol. The van der Waals surface area contributed by atoms with E-state index in [0.29, 0.717) is 23.0 Å². The van der Waals surface area contributed by atoms with Crippen LogP contribution in [-0.2, 0) is 11.3 Å². The van der Waals surface area contributed by atoms with Gasteiger partial charge in [0.15, 0.2) is 5.01 Å². The van der Waals surface area contributed by atoms with Crippen LogP contribution in [0.15, 0.2) is 60.0 Å². The lowest BCUT2D eigenvalue weighted by atomic mass is 10.1. The van der Waals surface area contributed by atoms with E-state index < -0.39 is 12.1 Å². The molecule has 4 rings (SSSR count). The molecule has 148 valence electrons. The molecule has 1 fully saturated rings. The van der Waals surface area contributed by atoms with Crippen LogP contribution in [0.5, 0.6) is 0 Å². The van der Waals surface area contributed by atoms with E-state index in [-0.39, 0.29) is 12.4 Å². The zero-order valence-corrected chi connectivity index (χ0v) is 17.2. The summed E-state index contributed by atoms with van der Waals surface area (Å²) in [4.78, 5) is 31.6. The predicted molar refractivity (Wildman–Crippen MR) is 113 cm³/mol. The van der Waals surface area contributed by atoms with Crippen molar-refractivity contribution in [2.75, 3.05) is 6.54 Å². The van der Waals surface area contributed by atoms with Crippen molar-refractivity contribution >= 4 is 34.8 Å². The summed E-state index contributed by atoms with van der Waals surface area (Å²) in [6, 6.07) is 16.3. The molecule has 2 aromatic carbocycles. The lowest BCUT2D eigenvalue weighted by Gasteiger charge is -2.22. The Bertz CT molecular complexity index is 1000. The van der Waals surface area contributed by atoms with Crippen LogP contribution < -0.4 is 0 Å². The number of likely N-dealkylation sites (tertiary alicyclic amines) is 1. The second kappa shape index (κ2) is 8.76. The topological polar surface area (TPSA) is 59.5 Å². The molecule has 1 unspecified atom stereocenters. The number of ether oxygens (including phenoxy) is 1. The van der Waals surface area contributed by atoms with Gasteiger partial charge >= 0.3 is 6.09 Å². The van der Waals surface area contributed by atoms with Crippen molar-refractivity contribution in [2.45, 2.75) is 25.5 Å². The summed E-state index contributed by atoms with van der Waals surface area (Å²) < 4.78 is 5.42. The Labute approximate surface area is 177 Å². The molecule has 0 N–H and O–H groups in total. The molecule has 5 nitrogen and oxygen atoms in total. The summed E-state index contributed by atoms with van der Waals surface area (Å²) in [7, 11) is 0. The first-order valence-electron chi connectivity index (χ1n) is 9.35. The first kappa shape index (κ1) is 19.6. The van der Waals surface area contributed by atoms with Crippen LogP contribution in [0.3, 0.4) is 0 Å². The van der Waals surface area contributed by atoms with Gasteiger partial charge in [0, 0.05) is 22.5 Å². The van der Waals surface area contributed by atoms with Crippen molar-refractivity contribution in [1.29, 1.82) is 0 Å². The molecule has 0 bridgehead atoms. The summed E-state index contributed by atoms with van der Waals surface area (Å²) in [5.74, 6) is -0.135. The van der Waals surface area contributed by atoms with Crippen molar-refractivity contribution in [3.05, 3.63) is 75.6 Å². The van der Waals surface area contributed by atoms with E-state index in [1.54, 1.807) is 12.1 Å². The van der Waals surface area contributed by atoms with Gasteiger partial charge in [-0.15, -0.1) is 11.3 Å². The maximum Gasteiger partial charge on any atom is 0.410 e. The highest BCUT2D eigenvalue weighted by Gasteiger charge is 2.36. The average molecular weight is 427 g/mol. The highest BCUT2D eigenvalue weighted by Crippen LogP contribution is 2.27. The molecule has 0 radical (unpaired) electrons. The Morgan fingerprint density at radius 1 is 1.14 bits per heavy atom. The third-order valence-corrected chi connectivity index (χ3v) is 5.96. The molecule has 2 heterocycles. The molecule has 1 aliphatic heterocycles. The normalized spacial score (nSPS) is 16.0. The molecule has 1 aromatic heterocycles. The average Bonchev–Trinajstić information content (AvgIpc) is 3.43. The van der Waals surface area contributed by atoms with Crippen molar-refractivity contribution in [1.82, 2.24) is 9.88 Å². The number of aromatic nitrogens is 1. The van der Waals surface area contributed by atoms with E-state index in [1.165, 1.54) is 16.2 Å². The Morgan fingerprint density at radius 3 is 2.66 bits per heavy atom. The lowest BCUT2D eigenvalue weighted by molar-refractivity contribution is 0.0738. The highest BCUT2D eigenvalue weighted by molar-refractivity contribution is 7.12. The van der Waals surface area contributed by atoms with E-state index >= 15 is 0 Å². The maximum absolute atomic E-state index is 13.0. The third-order valence-electron chi connectivity index (χ3n) is 4.85. The molecular weight excluding hydrogens is 408 g/mol. The molecule has 1 atom stereocenters. The second-order valence-corrected chi connectivity index (χ2v) is 8.10. The number of halogens is 1. The van der Waals surface area contributed by atoms with Gasteiger partial charge in [-0.25, -0.2) is 9.78 Å². The van der Waals surface area contributed by atoms with Gasteiger partial charge in [-0.3, -0.25) is 9.69 Å². The summed E-state index contributed by atoms with van der Waals surface area (Å²) in [6.07, 6.45) is 0.931. The summed E-state index contributed by atoms with van der Waals surface area (Å²) in [6.45, 7) is 0.703. The Balaban J connectivity index is 1.43. The predicted octanol–water partition coefficient (Wildman–Crippen LogP) is 5.45. The smallest absolute Gasteiger partial charge is 0.410 e. The number of hydrogen-bond acceptors (Lipinski definition) is 5. The molecule has 1 aliphatic rings. The van der Waals surface area contributed by atoms with E-state index in [4.69, 9.17) is 16.3 Å². The number of benzene rings is 2. The van der Waals surface area contributed by atoms with Crippen molar-refractivity contribution in [3.63, 3.8) is 0 Å². The van der Waals surface area contributed by atoms with Crippen LogP contribution in [0.4, 0.5) is 4.79 Å². The standard InChI is InChI=1S/C22H19ClN2O3S/c23-17-10-8-16(9-11-17)18-14-29-21(24-18)20(26)19-7-4-12-25(19)22(27)28-13-15-5-2-1-3-6-15/h1-3,5-6,8-11,14,19H,4,7,12-13H2. The lowest BCUT2D eigenvalue weighted by Crippen LogP contribution is -2.40. The Morgan fingerprint density at radius 2 is 1.90 bits per heavy atom. The number of ketones is 1. The van der Waals surface area contributed by atoms with E-state index in [0.717, 1.165) is 23.2 Å². The van der Waals surface area contributed by atoms with E-state index in [9.17, 15) is 9.59 Å². The van der Waals surface area contributed by atoms with Crippen LogP contribution in [0.1, 0.15) is 28.2 Å².